The third-order valence-corrected chi connectivity index (χ3v) is 8.84. The van der Waals surface area contributed by atoms with Crippen LogP contribution in [0.15, 0.2) is 48.7 Å². The smallest absolute Gasteiger partial charge is 0.0543 e. The Morgan fingerprint density at radius 2 is 0.933 bits per heavy atom. The zero-order valence-electron chi connectivity index (χ0n) is 30.4. The van der Waals surface area contributed by atoms with Crippen LogP contribution in [-0.4, -0.2) is 36.1 Å². The van der Waals surface area contributed by atoms with Gasteiger partial charge < -0.3 is 10.6 Å². The van der Waals surface area contributed by atoms with Crippen molar-refractivity contribution in [1.82, 2.24) is 9.88 Å². The van der Waals surface area contributed by atoms with Gasteiger partial charge in [-0.3, -0.25) is 9.88 Å². The quantitative estimate of drug-likeness (QED) is 0.151. The van der Waals surface area contributed by atoms with Gasteiger partial charge in [-0.2, -0.15) is 0 Å². The number of nitrogens with one attached hydrogen (secondary N) is 2. The number of anilines is 2. The molecule has 0 unspecified atom stereocenters. The van der Waals surface area contributed by atoms with E-state index < -0.39 is 0 Å². The Labute approximate surface area is 287 Å². The van der Waals surface area contributed by atoms with Gasteiger partial charge in [-0.1, -0.05) is 113 Å². The van der Waals surface area contributed by atoms with E-state index in [0.717, 1.165) is 38.4 Å². The van der Waals surface area contributed by atoms with Crippen molar-refractivity contribution in [2.24, 2.45) is 0 Å². The Kier molecular flexibility index (Phi) is 15.6. The molecule has 0 amide bonds. The summed E-state index contributed by atoms with van der Waals surface area (Å²) in [6.45, 7) is 32.3. The van der Waals surface area contributed by atoms with E-state index in [4.69, 9.17) is 0 Å². The summed E-state index contributed by atoms with van der Waals surface area (Å²) in [4.78, 5) is 7.21. The predicted octanol–water partition coefficient (Wildman–Crippen LogP) is 10.8. The van der Waals surface area contributed by atoms with E-state index in [1.165, 1.54) is 44.8 Å². The number of hydrogen-bond donors (Lipinski definition) is 2. The Morgan fingerprint density at radius 3 is 1.22 bits per heavy atom. The van der Waals surface area contributed by atoms with Gasteiger partial charge in [-0.25, -0.2) is 0 Å². The molecule has 2 aromatic carbocycles. The first-order chi connectivity index (χ1) is 20.8. The fraction of sp³-hybridized carbons (Fsp3) is 0.575. The Bertz CT molecular complexity index is 1170. The first-order valence-corrected chi connectivity index (χ1v) is 17.2. The molecule has 5 heteroatoms. The predicted molar refractivity (Wildman–Crippen MR) is 194 cm³/mol. The second-order valence-corrected chi connectivity index (χ2v) is 14.5. The second kappa shape index (κ2) is 18.1. The fourth-order valence-electron chi connectivity index (χ4n) is 5.99. The summed E-state index contributed by atoms with van der Waals surface area (Å²) in [5, 5.41) is 7.83. The minimum absolute atomic E-state index is 0. The minimum Gasteiger partial charge on any atom is -0.383 e. The van der Waals surface area contributed by atoms with Crippen molar-refractivity contribution in [2.75, 3.05) is 36.8 Å². The molecule has 0 atom stereocenters. The van der Waals surface area contributed by atoms with Crippen molar-refractivity contribution < 1.29 is 17.1 Å². The molecule has 0 saturated heterocycles. The summed E-state index contributed by atoms with van der Waals surface area (Å²) in [5.74, 6) is 2.92. The van der Waals surface area contributed by atoms with Crippen LogP contribution in [0.3, 0.4) is 0 Å². The third-order valence-electron chi connectivity index (χ3n) is 8.84. The average molecular weight is 655 g/mol. The molecule has 2 N–H and O–H groups in total. The minimum atomic E-state index is 0. The van der Waals surface area contributed by atoms with Gasteiger partial charge in [0.05, 0.1) is 5.69 Å². The van der Waals surface area contributed by atoms with Crippen LogP contribution in [0.4, 0.5) is 11.4 Å². The molecule has 1 heterocycles. The molecule has 250 valence electrons. The molecule has 3 aromatic rings. The number of aromatic nitrogens is 1. The van der Waals surface area contributed by atoms with Crippen LogP contribution in [-0.2, 0) is 23.6 Å². The number of pyridine rings is 1. The van der Waals surface area contributed by atoms with Gasteiger partial charge in [0.15, 0.2) is 0 Å². The summed E-state index contributed by atoms with van der Waals surface area (Å²) in [6, 6.07) is 16.0. The van der Waals surface area contributed by atoms with E-state index in [1.54, 1.807) is 0 Å². The van der Waals surface area contributed by atoms with Gasteiger partial charge in [0, 0.05) is 67.4 Å². The first kappa shape index (κ1) is 38.9. The second-order valence-electron chi connectivity index (χ2n) is 14.5. The molecule has 3 rings (SSSR count). The summed E-state index contributed by atoms with van der Waals surface area (Å²) in [6.07, 6.45) is 1.91. The maximum Gasteiger partial charge on any atom is 0.0543 e. The maximum absolute atomic E-state index is 4.67. The number of hydrogen-bond acceptors (Lipinski definition) is 4. The van der Waals surface area contributed by atoms with Crippen LogP contribution in [0.1, 0.15) is 158 Å². The standard InChI is InChI=1S/C40H62N4.Fe/c1-26(2)32-21-35(28(5)6)39(36(22-32)29(7)8)42-17-19-44(25-34-15-13-14-16-41-34)20-18-43-40-37(30(9)10)23-33(27(3)4)24-38(40)31(11)12;/h13-16,21-24,26-31,42-43H,17-20,25H2,1-12H3;. The van der Waals surface area contributed by atoms with Crippen molar-refractivity contribution in [2.45, 2.75) is 125 Å². The van der Waals surface area contributed by atoms with Crippen LogP contribution in [0, 0.1) is 0 Å². The summed E-state index contributed by atoms with van der Waals surface area (Å²) in [7, 11) is 0. The van der Waals surface area contributed by atoms with Gasteiger partial charge in [0.2, 0.25) is 0 Å². The van der Waals surface area contributed by atoms with Gasteiger partial charge in [-0.15, -0.1) is 0 Å². The summed E-state index contributed by atoms with van der Waals surface area (Å²) in [5.41, 5.74) is 12.4. The molecule has 45 heavy (non-hydrogen) atoms. The van der Waals surface area contributed by atoms with Gasteiger partial charge in [-0.05, 0) is 81.0 Å². The molecule has 0 radical (unpaired) electrons. The fourth-order valence-corrected chi connectivity index (χ4v) is 5.99. The number of benzene rings is 2. The summed E-state index contributed by atoms with van der Waals surface area (Å²) < 4.78 is 0. The zero-order chi connectivity index (χ0) is 32.6. The van der Waals surface area contributed by atoms with E-state index in [0.29, 0.717) is 35.5 Å². The molecule has 0 aliphatic rings. The molecule has 0 fully saturated rings. The normalized spacial score (nSPS) is 11.9. The zero-order valence-corrected chi connectivity index (χ0v) is 31.5. The van der Waals surface area contributed by atoms with Gasteiger partial charge in [0.1, 0.15) is 0 Å². The monoisotopic (exact) mass is 654 g/mol. The number of nitrogens with zero attached hydrogens (tertiary/aromatic N) is 2. The summed E-state index contributed by atoms with van der Waals surface area (Å²) >= 11 is 0. The van der Waals surface area contributed by atoms with Crippen molar-refractivity contribution in [3.05, 3.63) is 87.7 Å². The van der Waals surface area contributed by atoms with Gasteiger partial charge >= 0.3 is 0 Å². The Hall–Kier alpha value is -2.33. The van der Waals surface area contributed by atoms with E-state index in [-0.39, 0.29) is 17.1 Å². The van der Waals surface area contributed by atoms with Crippen molar-refractivity contribution in [1.29, 1.82) is 0 Å². The van der Waals surface area contributed by atoms with E-state index in [9.17, 15) is 0 Å². The van der Waals surface area contributed by atoms with Crippen molar-refractivity contribution >= 4 is 11.4 Å². The van der Waals surface area contributed by atoms with Crippen LogP contribution in [0.2, 0.25) is 0 Å². The molecule has 0 spiro atoms. The van der Waals surface area contributed by atoms with Crippen molar-refractivity contribution in [3.8, 4) is 0 Å². The van der Waals surface area contributed by atoms with Crippen LogP contribution < -0.4 is 10.6 Å². The van der Waals surface area contributed by atoms with Gasteiger partial charge in [0.25, 0.3) is 0 Å². The molecule has 1 aromatic heterocycles. The Morgan fingerprint density at radius 1 is 0.556 bits per heavy atom. The molecule has 0 saturated carbocycles. The van der Waals surface area contributed by atoms with Crippen LogP contribution >= 0.6 is 0 Å². The van der Waals surface area contributed by atoms with Crippen LogP contribution in [0.25, 0.3) is 0 Å². The Balaban J connectivity index is 0.00000705. The molecule has 4 nitrogen and oxygen atoms in total. The molecular weight excluding hydrogens is 592 g/mol. The SMILES string of the molecule is CC(C)c1cc(C(C)C)c(NCCN(CCNc2c(C(C)C)cc(C(C)C)cc2C(C)C)Cc2ccccn2)c(C(C)C)c1.[Fe]. The first-order valence-electron chi connectivity index (χ1n) is 17.2. The van der Waals surface area contributed by atoms with E-state index in [1.807, 2.05) is 12.3 Å². The van der Waals surface area contributed by atoms with Crippen LogP contribution in [0.5, 0.6) is 0 Å². The topological polar surface area (TPSA) is 40.2 Å². The molecule has 0 aliphatic carbocycles. The average Bonchev–Trinajstić information content (AvgIpc) is 2.96. The van der Waals surface area contributed by atoms with E-state index >= 15 is 0 Å². The number of rotatable bonds is 16. The third kappa shape index (κ3) is 10.9. The molecular formula is C40H62FeN4. The van der Waals surface area contributed by atoms with Crippen molar-refractivity contribution in [3.63, 3.8) is 0 Å². The largest absolute Gasteiger partial charge is 0.383 e. The van der Waals surface area contributed by atoms with E-state index in [2.05, 4.69) is 140 Å². The molecule has 0 aliphatic heterocycles. The molecule has 0 bridgehead atoms. The maximum atomic E-state index is 4.67.